The number of rotatable bonds is 4. The van der Waals surface area contributed by atoms with Crippen molar-refractivity contribution >= 4 is 17.3 Å². The van der Waals surface area contributed by atoms with Gasteiger partial charge in [-0.1, -0.05) is 41.7 Å². The van der Waals surface area contributed by atoms with Crippen molar-refractivity contribution < 1.29 is 19.4 Å². The van der Waals surface area contributed by atoms with Gasteiger partial charge >= 0.3 is 5.97 Å². The number of carboxylic acid groups (broad SMARTS) is 1. The van der Waals surface area contributed by atoms with Crippen LogP contribution in [-0.2, 0) is 6.42 Å². The Morgan fingerprint density at radius 2 is 2.08 bits per heavy atom. The van der Waals surface area contributed by atoms with Gasteiger partial charge in [0.15, 0.2) is 5.69 Å². The van der Waals surface area contributed by atoms with Gasteiger partial charge in [-0.05, 0) is 42.2 Å². The third kappa shape index (κ3) is 3.34. The molecule has 0 spiro atoms. The maximum Gasteiger partial charge on any atom is 0.355 e. The van der Waals surface area contributed by atoms with Gasteiger partial charge in [0, 0.05) is 5.38 Å². The molecule has 0 fully saturated rings. The lowest BCUT2D eigenvalue weighted by Gasteiger charge is -2.26. The molecule has 2 heterocycles. The number of hydrogen-bond donors (Lipinski definition) is 1. The van der Waals surface area contributed by atoms with Crippen LogP contribution in [-0.4, -0.2) is 16.1 Å². The zero-order valence-electron chi connectivity index (χ0n) is 13.2. The number of fused-ring (bicyclic) bond motifs is 1. The van der Waals surface area contributed by atoms with E-state index in [1.54, 1.807) is 0 Å². The van der Waals surface area contributed by atoms with E-state index in [1.807, 2.05) is 36.4 Å². The maximum absolute atomic E-state index is 10.9. The van der Waals surface area contributed by atoms with Gasteiger partial charge in [-0.2, -0.15) is 4.98 Å². The normalized spacial score (nSPS) is 15.9. The van der Waals surface area contributed by atoms with Gasteiger partial charge in [-0.3, -0.25) is 0 Å². The molecule has 1 aromatic heterocycles. The van der Waals surface area contributed by atoms with Gasteiger partial charge in [-0.25, -0.2) is 4.79 Å². The van der Waals surface area contributed by atoms with Crippen LogP contribution in [0, 0.1) is 0 Å². The molecule has 4 rings (SSSR count). The van der Waals surface area contributed by atoms with E-state index in [0.717, 1.165) is 35.5 Å². The number of nitrogens with zero attached hydrogens (tertiary/aromatic N) is 1. The molecule has 0 radical (unpaired) electrons. The molecule has 0 bridgehead atoms. The van der Waals surface area contributed by atoms with Crippen LogP contribution < -0.4 is 9.47 Å². The maximum atomic E-state index is 10.9. The number of carboxylic acids is 1. The Kier molecular flexibility index (Phi) is 4.11. The van der Waals surface area contributed by atoms with Crippen LogP contribution in [0.5, 0.6) is 16.7 Å². The number of benzene rings is 2. The lowest BCUT2D eigenvalue weighted by molar-refractivity contribution is 0.0690. The van der Waals surface area contributed by atoms with Crippen molar-refractivity contribution in [1.29, 1.82) is 0 Å². The lowest BCUT2D eigenvalue weighted by atomic mass is 9.97. The fourth-order valence-corrected chi connectivity index (χ4v) is 3.50. The second kappa shape index (κ2) is 6.57. The van der Waals surface area contributed by atoms with Crippen molar-refractivity contribution in [2.75, 3.05) is 0 Å². The summed E-state index contributed by atoms with van der Waals surface area (Å²) in [5.41, 5.74) is 2.25. The highest BCUT2D eigenvalue weighted by atomic mass is 32.1. The first-order valence-corrected chi connectivity index (χ1v) is 8.78. The average Bonchev–Trinajstić information content (AvgIpc) is 3.11. The Hall–Kier alpha value is -2.86. The van der Waals surface area contributed by atoms with Gasteiger partial charge in [-0.15, -0.1) is 0 Å². The highest BCUT2D eigenvalue weighted by molar-refractivity contribution is 7.11. The summed E-state index contributed by atoms with van der Waals surface area (Å²) in [4.78, 5) is 14.8. The van der Waals surface area contributed by atoms with Crippen molar-refractivity contribution in [3.63, 3.8) is 0 Å². The van der Waals surface area contributed by atoms with E-state index < -0.39 is 5.97 Å². The Labute approximate surface area is 148 Å². The Morgan fingerprint density at radius 1 is 1.24 bits per heavy atom. The first-order chi connectivity index (χ1) is 12.2. The van der Waals surface area contributed by atoms with Crippen molar-refractivity contribution in [1.82, 2.24) is 4.98 Å². The molecule has 126 valence electrons. The summed E-state index contributed by atoms with van der Waals surface area (Å²) in [5, 5.41) is 10.7. The summed E-state index contributed by atoms with van der Waals surface area (Å²) in [6.45, 7) is 0. The zero-order chi connectivity index (χ0) is 17.2. The number of aromatic carboxylic acids is 1. The molecule has 2 aromatic carbocycles. The van der Waals surface area contributed by atoms with Gasteiger partial charge in [0.2, 0.25) is 0 Å². The first kappa shape index (κ1) is 15.7. The highest BCUT2D eigenvalue weighted by Crippen LogP contribution is 2.37. The lowest BCUT2D eigenvalue weighted by Crippen LogP contribution is -2.15. The predicted molar refractivity (Wildman–Crippen MR) is 93.7 cm³/mol. The Balaban J connectivity index is 1.50. The summed E-state index contributed by atoms with van der Waals surface area (Å²) in [7, 11) is 0. The number of aromatic nitrogens is 1. The van der Waals surface area contributed by atoms with Crippen LogP contribution in [0.4, 0.5) is 0 Å². The number of hydrogen-bond acceptors (Lipinski definition) is 5. The molecule has 0 unspecified atom stereocenters. The SMILES string of the molecule is O=C(O)c1csc(Oc2ccc3c(c2)CC[C@@H](c2ccccc2)O3)n1. The summed E-state index contributed by atoms with van der Waals surface area (Å²) in [6, 6.07) is 15.8. The predicted octanol–water partition coefficient (Wildman–Crippen LogP) is 4.70. The van der Waals surface area contributed by atoms with Crippen molar-refractivity contribution in [3.8, 4) is 16.7 Å². The minimum absolute atomic E-state index is 0.00741. The van der Waals surface area contributed by atoms with Crippen molar-refractivity contribution in [2.24, 2.45) is 0 Å². The standard InChI is InChI=1S/C19H15NO4S/c21-18(22)15-11-25-19(20-15)23-14-7-9-17-13(10-14)6-8-16(24-17)12-4-2-1-3-5-12/h1-5,7,9-11,16H,6,8H2,(H,21,22)/t16-/m0/s1. The third-order valence-electron chi connectivity index (χ3n) is 4.06. The second-order valence-corrected chi connectivity index (χ2v) is 6.55. The largest absolute Gasteiger partial charge is 0.485 e. The molecule has 1 atom stereocenters. The van der Waals surface area contributed by atoms with E-state index in [4.69, 9.17) is 14.6 Å². The van der Waals surface area contributed by atoms with E-state index in [9.17, 15) is 4.79 Å². The van der Waals surface area contributed by atoms with Crippen LogP contribution in [0.15, 0.2) is 53.9 Å². The van der Waals surface area contributed by atoms with Crippen molar-refractivity contribution in [2.45, 2.75) is 18.9 Å². The highest BCUT2D eigenvalue weighted by Gasteiger charge is 2.22. The van der Waals surface area contributed by atoms with Crippen LogP contribution in [0.1, 0.15) is 34.1 Å². The Morgan fingerprint density at radius 3 is 2.84 bits per heavy atom. The fraction of sp³-hybridized carbons (Fsp3) is 0.158. The minimum atomic E-state index is -1.06. The third-order valence-corrected chi connectivity index (χ3v) is 4.77. The van der Waals surface area contributed by atoms with Gasteiger partial charge < -0.3 is 14.6 Å². The topological polar surface area (TPSA) is 68.7 Å². The molecule has 1 aliphatic heterocycles. The summed E-state index contributed by atoms with van der Waals surface area (Å²) in [6.07, 6.45) is 1.86. The molecule has 1 aliphatic rings. The molecule has 1 N–H and O–H groups in total. The van der Waals surface area contributed by atoms with Gasteiger partial charge in [0.1, 0.15) is 17.6 Å². The summed E-state index contributed by atoms with van der Waals surface area (Å²) in [5.74, 6) is 0.432. The number of aryl methyl sites for hydroxylation is 1. The summed E-state index contributed by atoms with van der Waals surface area (Å²) < 4.78 is 11.8. The van der Waals surface area contributed by atoms with Crippen molar-refractivity contribution in [3.05, 3.63) is 70.7 Å². The Bertz CT molecular complexity index is 907. The first-order valence-electron chi connectivity index (χ1n) is 7.90. The van der Waals surface area contributed by atoms with Gasteiger partial charge in [0.25, 0.3) is 5.19 Å². The van der Waals surface area contributed by atoms with E-state index in [0.29, 0.717) is 10.9 Å². The second-order valence-electron chi connectivity index (χ2n) is 5.73. The number of ether oxygens (including phenoxy) is 2. The fourth-order valence-electron chi connectivity index (χ4n) is 2.83. The van der Waals surface area contributed by atoms with E-state index in [2.05, 4.69) is 17.1 Å². The smallest absolute Gasteiger partial charge is 0.355 e. The molecule has 6 heteroatoms. The quantitative estimate of drug-likeness (QED) is 0.736. The molecule has 25 heavy (non-hydrogen) atoms. The monoisotopic (exact) mass is 353 g/mol. The van der Waals surface area contributed by atoms with Crippen LogP contribution in [0.25, 0.3) is 0 Å². The van der Waals surface area contributed by atoms with Crippen LogP contribution in [0.3, 0.4) is 0 Å². The van der Waals surface area contributed by atoms with E-state index >= 15 is 0 Å². The number of carbonyl (C=O) groups is 1. The molecule has 0 saturated heterocycles. The molecule has 5 nitrogen and oxygen atoms in total. The minimum Gasteiger partial charge on any atom is -0.485 e. The molecular formula is C19H15NO4S. The zero-order valence-corrected chi connectivity index (χ0v) is 14.0. The van der Waals surface area contributed by atoms with E-state index in [-0.39, 0.29) is 11.8 Å². The molecule has 0 saturated carbocycles. The van der Waals surface area contributed by atoms with Crippen LogP contribution >= 0.6 is 11.3 Å². The number of thiazole rings is 1. The summed E-state index contributed by atoms with van der Waals surface area (Å²) >= 11 is 1.16. The average molecular weight is 353 g/mol. The van der Waals surface area contributed by atoms with E-state index in [1.165, 1.54) is 10.9 Å². The van der Waals surface area contributed by atoms with Gasteiger partial charge in [0.05, 0.1) is 0 Å². The molecule has 3 aromatic rings. The molecule has 0 aliphatic carbocycles. The van der Waals surface area contributed by atoms with Crippen LogP contribution in [0.2, 0.25) is 0 Å². The molecule has 0 amide bonds. The molecular weight excluding hydrogens is 338 g/mol.